The van der Waals surface area contributed by atoms with E-state index < -0.39 is 0 Å². The van der Waals surface area contributed by atoms with Gasteiger partial charge in [-0.3, -0.25) is 0 Å². The van der Waals surface area contributed by atoms with Crippen molar-refractivity contribution in [3.05, 3.63) is 77.4 Å². The van der Waals surface area contributed by atoms with Crippen LogP contribution in [0.4, 0.5) is 5.82 Å². The third-order valence-corrected chi connectivity index (χ3v) is 5.86. The first-order chi connectivity index (χ1) is 15.2. The summed E-state index contributed by atoms with van der Waals surface area (Å²) in [6, 6.07) is 20.8. The number of fused-ring (bicyclic) bond motifs is 2. The SMILES string of the molecule is COc1cc(C)cc(C)c1-c1nnc(NC2CCOc3ccccc32)c2ccccc12. The van der Waals surface area contributed by atoms with Gasteiger partial charge in [0.25, 0.3) is 0 Å². The van der Waals surface area contributed by atoms with E-state index in [4.69, 9.17) is 9.47 Å². The van der Waals surface area contributed by atoms with Gasteiger partial charge in [-0.2, -0.15) is 0 Å². The minimum absolute atomic E-state index is 0.129. The molecule has 5 rings (SSSR count). The highest BCUT2D eigenvalue weighted by Gasteiger charge is 2.23. The van der Waals surface area contributed by atoms with Crippen molar-refractivity contribution in [2.75, 3.05) is 19.0 Å². The van der Waals surface area contributed by atoms with Gasteiger partial charge < -0.3 is 14.8 Å². The number of nitrogens with zero attached hydrogens (tertiary/aromatic N) is 2. The van der Waals surface area contributed by atoms with Crippen LogP contribution in [-0.4, -0.2) is 23.9 Å². The molecule has 0 spiro atoms. The first kappa shape index (κ1) is 19.4. The molecule has 0 aliphatic carbocycles. The van der Waals surface area contributed by atoms with Crippen LogP contribution in [0.25, 0.3) is 22.0 Å². The fourth-order valence-corrected chi connectivity index (χ4v) is 4.45. The molecule has 0 saturated carbocycles. The maximum Gasteiger partial charge on any atom is 0.157 e. The number of hydrogen-bond donors (Lipinski definition) is 1. The van der Waals surface area contributed by atoms with Crippen LogP contribution in [0.2, 0.25) is 0 Å². The number of methoxy groups -OCH3 is 1. The number of rotatable bonds is 4. The van der Waals surface area contributed by atoms with Crippen molar-refractivity contribution in [1.29, 1.82) is 0 Å². The summed E-state index contributed by atoms with van der Waals surface area (Å²) < 4.78 is 11.5. The van der Waals surface area contributed by atoms with Crippen molar-refractivity contribution < 1.29 is 9.47 Å². The number of benzene rings is 3. The second-order valence-corrected chi connectivity index (χ2v) is 7.97. The average molecular weight is 412 g/mol. The minimum Gasteiger partial charge on any atom is -0.496 e. The van der Waals surface area contributed by atoms with E-state index in [0.29, 0.717) is 6.61 Å². The third kappa shape index (κ3) is 3.46. The van der Waals surface area contributed by atoms with Gasteiger partial charge in [0, 0.05) is 28.3 Å². The first-order valence-electron chi connectivity index (χ1n) is 10.5. The summed E-state index contributed by atoms with van der Waals surface area (Å²) in [5, 5.41) is 15.0. The normalized spacial score (nSPS) is 15.3. The zero-order valence-electron chi connectivity index (χ0n) is 18.0. The molecular weight excluding hydrogens is 386 g/mol. The number of ether oxygens (including phenoxy) is 2. The highest BCUT2D eigenvalue weighted by atomic mass is 16.5. The molecular formula is C26H25N3O2. The molecule has 1 unspecified atom stereocenters. The molecule has 0 bridgehead atoms. The molecule has 0 radical (unpaired) electrons. The van der Waals surface area contributed by atoms with E-state index in [9.17, 15) is 0 Å². The topological polar surface area (TPSA) is 56.3 Å². The van der Waals surface area contributed by atoms with Gasteiger partial charge in [0.2, 0.25) is 0 Å². The minimum atomic E-state index is 0.129. The Hall–Kier alpha value is -3.60. The number of hydrogen-bond acceptors (Lipinski definition) is 5. The monoisotopic (exact) mass is 411 g/mol. The number of para-hydroxylation sites is 1. The molecule has 0 amide bonds. The zero-order valence-corrected chi connectivity index (χ0v) is 18.0. The Bertz CT molecular complexity index is 1270. The van der Waals surface area contributed by atoms with Crippen LogP contribution in [0, 0.1) is 13.8 Å². The molecule has 3 aromatic carbocycles. The molecule has 1 atom stereocenters. The van der Waals surface area contributed by atoms with Gasteiger partial charge in [0.05, 0.1) is 19.8 Å². The summed E-state index contributed by atoms with van der Waals surface area (Å²) in [4.78, 5) is 0. The smallest absolute Gasteiger partial charge is 0.157 e. The summed E-state index contributed by atoms with van der Waals surface area (Å²) in [6.07, 6.45) is 0.875. The molecule has 0 fully saturated rings. The zero-order chi connectivity index (χ0) is 21.4. The third-order valence-electron chi connectivity index (χ3n) is 5.86. The van der Waals surface area contributed by atoms with Crippen molar-refractivity contribution >= 4 is 16.6 Å². The number of nitrogens with one attached hydrogen (secondary N) is 1. The molecule has 156 valence electrons. The van der Waals surface area contributed by atoms with Crippen molar-refractivity contribution in [3.63, 3.8) is 0 Å². The Labute approximate surface area is 182 Å². The summed E-state index contributed by atoms with van der Waals surface area (Å²) in [7, 11) is 1.70. The Balaban J connectivity index is 1.62. The molecule has 0 saturated heterocycles. The van der Waals surface area contributed by atoms with Crippen LogP contribution < -0.4 is 14.8 Å². The molecule has 5 nitrogen and oxygen atoms in total. The van der Waals surface area contributed by atoms with Crippen molar-refractivity contribution in [2.24, 2.45) is 0 Å². The molecule has 1 aromatic heterocycles. The second-order valence-electron chi connectivity index (χ2n) is 7.97. The van der Waals surface area contributed by atoms with E-state index in [1.54, 1.807) is 7.11 Å². The maximum atomic E-state index is 5.81. The fourth-order valence-electron chi connectivity index (χ4n) is 4.45. The first-order valence-corrected chi connectivity index (χ1v) is 10.5. The number of anilines is 1. The van der Waals surface area contributed by atoms with Crippen LogP contribution in [0.5, 0.6) is 11.5 Å². The Morgan fingerprint density at radius 3 is 2.58 bits per heavy atom. The van der Waals surface area contributed by atoms with Crippen LogP contribution in [0.15, 0.2) is 60.7 Å². The van der Waals surface area contributed by atoms with Gasteiger partial charge in [-0.15, -0.1) is 10.2 Å². The highest BCUT2D eigenvalue weighted by molar-refractivity contribution is 6.01. The lowest BCUT2D eigenvalue weighted by molar-refractivity contribution is 0.274. The van der Waals surface area contributed by atoms with Crippen molar-refractivity contribution in [2.45, 2.75) is 26.3 Å². The molecule has 2 heterocycles. The molecule has 1 N–H and O–H groups in total. The van der Waals surface area contributed by atoms with Gasteiger partial charge in [-0.25, -0.2) is 0 Å². The van der Waals surface area contributed by atoms with E-state index >= 15 is 0 Å². The maximum absolute atomic E-state index is 5.81. The lowest BCUT2D eigenvalue weighted by atomic mass is 9.97. The van der Waals surface area contributed by atoms with Gasteiger partial charge >= 0.3 is 0 Å². The molecule has 4 aromatic rings. The summed E-state index contributed by atoms with van der Waals surface area (Å²) in [6.45, 7) is 4.84. The number of aromatic nitrogens is 2. The quantitative estimate of drug-likeness (QED) is 0.456. The Morgan fingerprint density at radius 2 is 1.74 bits per heavy atom. The fraction of sp³-hybridized carbons (Fsp3) is 0.231. The molecule has 31 heavy (non-hydrogen) atoms. The summed E-state index contributed by atoms with van der Waals surface area (Å²) in [5.41, 5.74) is 5.25. The lowest BCUT2D eigenvalue weighted by Gasteiger charge is -2.27. The van der Waals surface area contributed by atoms with E-state index in [0.717, 1.165) is 62.5 Å². The summed E-state index contributed by atoms with van der Waals surface area (Å²) in [5.74, 6) is 2.53. The van der Waals surface area contributed by atoms with Crippen LogP contribution >= 0.6 is 0 Å². The Morgan fingerprint density at radius 1 is 0.968 bits per heavy atom. The van der Waals surface area contributed by atoms with Gasteiger partial charge in [0.1, 0.15) is 17.2 Å². The molecule has 1 aliphatic heterocycles. The predicted octanol–water partition coefficient (Wildman–Crippen LogP) is 5.86. The van der Waals surface area contributed by atoms with Crippen LogP contribution in [0.1, 0.15) is 29.2 Å². The Kier molecular flexibility index (Phi) is 4.94. The van der Waals surface area contributed by atoms with E-state index in [-0.39, 0.29) is 6.04 Å². The van der Waals surface area contributed by atoms with Gasteiger partial charge in [-0.05, 0) is 37.1 Å². The second kappa shape index (κ2) is 7.91. The van der Waals surface area contributed by atoms with Gasteiger partial charge in [0.15, 0.2) is 5.82 Å². The van der Waals surface area contributed by atoms with E-state index in [2.05, 4.69) is 53.6 Å². The lowest BCUT2D eigenvalue weighted by Crippen LogP contribution is -2.21. The standard InChI is InChI=1S/C26H25N3O2/c1-16-14-17(2)24(23(15-16)30-3)25-18-8-4-5-9-19(18)26(29-28-25)27-21-12-13-31-22-11-7-6-10-20(21)22/h4-11,14-15,21H,12-13H2,1-3H3,(H,27,29). The van der Waals surface area contributed by atoms with Crippen LogP contribution in [-0.2, 0) is 0 Å². The van der Waals surface area contributed by atoms with E-state index in [1.165, 1.54) is 0 Å². The van der Waals surface area contributed by atoms with Crippen LogP contribution in [0.3, 0.4) is 0 Å². The number of aryl methyl sites for hydroxylation is 2. The largest absolute Gasteiger partial charge is 0.496 e. The van der Waals surface area contributed by atoms with E-state index in [1.807, 2.05) is 36.4 Å². The summed E-state index contributed by atoms with van der Waals surface area (Å²) >= 11 is 0. The predicted molar refractivity (Wildman–Crippen MR) is 124 cm³/mol. The van der Waals surface area contributed by atoms with Crippen molar-refractivity contribution in [3.8, 4) is 22.8 Å². The molecule has 5 heteroatoms. The van der Waals surface area contributed by atoms with Gasteiger partial charge in [-0.1, -0.05) is 48.5 Å². The van der Waals surface area contributed by atoms with Crippen molar-refractivity contribution in [1.82, 2.24) is 10.2 Å². The molecule has 1 aliphatic rings. The average Bonchev–Trinajstić information content (AvgIpc) is 2.79. The highest BCUT2D eigenvalue weighted by Crippen LogP contribution is 2.39.